The highest BCUT2D eigenvalue weighted by Gasteiger charge is 2.17. The topological polar surface area (TPSA) is 78.3 Å². The van der Waals surface area contributed by atoms with E-state index in [4.69, 9.17) is 9.47 Å². The number of thioether (sulfide) groups is 1. The highest BCUT2D eigenvalue weighted by atomic mass is 32.2. The molecule has 8 heteroatoms. The lowest BCUT2D eigenvalue weighted by molar-refractivity contribution is -0.118. The summed E-state index contributed by atoms with van der Waals surface area (Å²) in [5.74, 6) is 2.61. The molecule has 0 unspecified atom stereocenters. The summed E-state index contributed by atoms with van der Waals surface area (Å²) in [6.45, 7) is 4.58. The summed E-state index contributed by atoms with van der Waals surface area (Å²) in [5, 5.41) is 12.6. The quantitative estimate of drug-likeness (QED) is 0.507. The van der Waals surface area contributed by atoms with Gasteiger partial charge in [0.15, 0.2) is 22.5 Å². The van der Waals surface area contributed by atoms with E-state index in [2.05, 4.69) is 45.2 Å². The number of rotatable bonds is 7. The number of carbonyl (C=O) groups excluding carboxylic acids is 1. The van der Waals surface area contributed by atoms with Crippen LogP contribution in [0.2, 0.25) is 0 Å². The number of amides is 1. The van der Waals surface area contributed by atoms with Gasteiger partial charge in [-0.3, -0.25) is 4.79 Å². The Kier molecular flexibility index (Phi) is 7.04. The van der Waals surface area contributed by atoms with Gasteiger partial charge >= 0.3 is 0 Å². The average molecular weight is 479 g/mol. The van der Waals surface area contributed by atoms with E-state index in [1.54, 1.807) is 0 Å². The predicted octanol–water partition coefficient (Wildman–Crippen LogP) is 4.41. The minimum Gasteiger partial charge on any atom is -0.490 e. The Balaban J connectivity index is 1.20. The Morgan fingerprint density at radius 2 is 1.82 bits per heavy atom. The third-order valence-corrected chi connectivity index (χ3v) is 7.24. The number of hydrogen-bond donors (Lipinski definition) is 1. The van der Waals surface area contributed by atoms with Gasteiger partial charge in [-0.25, -0.2) is 0 Å². The van der Waals surface area contributed by atoms with Crippen LogP contribution in [0.15, 0.2) is 41.6 Å². The molecular weight excluding hydrogens is 448 g/mol. The number of ether oxygens (including phenoxy) is 2. The summed E-state index contributed by atoms with van der Waals surface area (Å²) in [6.07, 6.45) is 5.69. The summed E-state index contributed by atoms with van der Waals surface area (Å²) < 4.78 is 13.5. The summed E-state index contributed by atoms with van der Waals surface area (Å²) >= 11 is 1.42. The number of hydrogen-bond acceptors (Lipinski definition) is 6. The molecule has 1 aliphatic heterocycles. The van der Waals surface area contributed by atoms with E-state index in [0.29, 0.717) is 19.8 Å². The van der Waals surface area contributed by atoms with Crippen molar-refractivity contribution in [1.82, 2.24) is 20.1 Å². The van der Waals surface area contributed by atoms with Crippen molar-refractivity contribution in [3.05, 3.63) is 53.1 Å². The van der Waals surface area contributed by atoms with Gasteiger partial charge in [0, 0.05) is 25.1 Å². The molecule has 1 amide bonds. The van der Waals surface area contributed by atoms with Gasteiger partial charge in [-0.1, -0.05) is 30.0 Å². The van der Waals surface area contributed by atoms with Gasteiger partial charge in [0.2, 0.25) is 5.91 Å². The Hall–Kier alpha value is -3.00. The lowest BCUT2D eigenvalue weighted by Crippen LogP contribution is -2.24. The molecule has 0 radical (unpaired) electrons. The number of nitrogens with zero attached hydrogens (tertiary/aromatic N) is 3. The van der Waals surface area contributed by atoms with Gasteiger partial charge in [0.1, 0.15) is 0 Å². The molecule has 1 aromatic heterocycles. The number of benzene rings is 2. The molecule has 0 spiro atoms. The monoisotopic (exact) mass is 478 g/mol. The van der Waals surface area contributed by atoms with E-state index >= 15 is 0 Å². The zero-order valence-electron chi connectivity index (χ0n) is 19.5. The number of aryl methyl sites for hydroxylation is 2. The second kappa shape index (κ2) is 10.5. The molecule has 3 aromatic rings. The molecule has 2 aromatic carbocycles. The first-order valence-electron chi connectivity index (χ1n) is 12.0. The lowest BCUT2D eigenvalue weighted by Gasteiger charge is -2.16. The van der Waals surface area contributed by atoms with Gasteiger partial charge in [-0.05, 0) is 67.5 Å². The third kappa shape index (κ3) is 5.06. The molecule has 1 N–H and O–H groups in total. The molecule has 0 atom stereocenters. The highest BCUT2D eigenvalue weighted by Crippen LogP contribution is 2.31. The second-order valence-corrected chi connectivity index (χ2v) is 9.58. The standard InChI is InChI=1S/C26H30N4O3S/c1-2-30-25(21-10-9-19-6-3-4-7-20(19)15-21)28-29-26(30)34-17-24(31)27-16-18-8-11-22-23(14-18)33-13-5-12-32-22/h8-11,14-15H,2-7,12-13,16-17H2,1H3,(H,27,31). The largest absolute Gasteiger partial charge is 0.490 e. The fourth-order valence-electron chi connectivity index (χ4n) is 4.47. The Labute approximate surface area is 204 Å². The predicted molar refractivity (Wildman–Crippen MR) is 132 cm³/mol. The summed E-state index contributed by atoms with van der Waals surface area (Å²) in [7, 11) is 0. The molecule has 1 aliphatic carbocycles. The van der Waals surface area contributed by atoms with Gasteiger partial charge < -0.3 is 19.4 Å². The van der Waals surface area contributed by atoms with Crippen molar-refractivity contribution in [3.63, 3.8) is 0 Å². The van der Waals surface area contributed by atoms with Crippen molar-refractivity contribution in [2.24, 2.45) is 0 Å². The van der Waals surface area contributed by atoms with Crippen LogP contribution >= 0.6 is 11.8 Å². The highest BCUT2D eigenvalue weighted by molar-refractivity contribution is 7.99. The van der Waals surface area contributed by atoms with Crippen LogP contribution in [0.3, 0.4) is 0 Å². The van der Waals surface area contributed by atoms with Gasteiger partial charge in [0.25, 0.3) is 0 Å². The number of carbonyl (C=O) groups is 1. The van der Waals surface area contributed by atoms with Crippen LogP contribution in [0.5, 0.6) is 11.5 Å². The molecular formula is C26H30N4O3S. The smallest absolute Gasteiger partial charge is 0.230 e. The Morgan fingerprint density at radius 3 is 2.68 bits per heavy atom. The molecule has 2 aliphatic rings. The summed E-state index contributed by atoms with van der Waals surface area (Å²) in [4.78, 5) is 12.5. The van der Waals surface area contributed by atoms with Gasteiger partial charge in [-0.15, -0.1) is 10.2 Å². The van der Waals surface area contributed by atoms with E-state index in [0.717, 1.165) is 53.0 Å². The van der Waals surface area contributed by atoms with E-state index in [9.17, 15) is 4.79 Å². The van der Waals surface area contributed by atoms with Crippen molar-refractivity contribution in [3.8, 4) is 22.9 Å². The second-order valence-electron chi connectivity index (χ2n) is 8.64. The van der Waals surface area contributed by atoms with Crippen LogP contribution in [-0.4, -0.2) is 39.6 Å². The van der Waals surface area contributed by atoms with E-state index < -0.39 is 0 Å². The molecule has 0 fully saturated rings. The molecule has 34 heavy (non-hydrogen) atoms. The lowest BCUT2D eigenvalue weighted by atomic mass is 9.90. The van der Waals surface area contributed by atoms with Crippen molar-refractivity contribution >= 4 is 17.7 Å². The zero-order chi connectivity index (χ0) is 23.3. The zero-order valence-corrected chi connectivity index (χ0v) is 20.3. The SMILES string of the molecule is CCn1c(SCC(=O)NCc2ccc3c(c2)OCCCO3)nnc1-c1ccc2c(c1)CCCC2. The fourth-order valence-corrected chi connectivity index (χ4v) is 5.30. The van der Waals surface area contributed by atoms with Crippen LogP contribution in [0, 0.1) is 0 Å². The number of nitrogens with one attached hydrogen (secondary N) is 1. The maximum atomic E-state index is 12.5. The van der Waals surface area contributed by atoms with Crippen molar-refractivity contribution in [2.75, 3.05) is 19.0 Å². The maximum absolute atomic E-state index is 12.5. The average Bonchev–Trinajstić information content (AvgIpc) is 3.14. The molecule has 5 rings (SSSR count). The minimum absolute atomic E-state index is 0.0434. The van der Waals surface area contributed by atoms with Crippen LogP contribution in [0.1, 0.15) is 42.9 Å². The summed E-state index contributed by atoms with van der Waals surface area (Å²) in [6, 6.07) is 12.4. The first-order chi connectivity index (χ1) is 16.7. The van der Waals surface area contributed by atoms with Gasteiger partial charge in [0.05, 0.1) is 19.0 Å². The molecule has 178 valence electrons. The van der Waals surface area contributed by atoms with Gasteiger partial charge in [-0.2, -0.15) is 0 Å². The molecule has 0 bridgehead atoms. The first-order valence-corrected chi connectivity index (χ1v) is 13.0. The Morgan fingerprint density at radius 1 is 1.00 bits per heavy atom. The first kappa shape index (κ1) is 22.8. The van der Waals surface area contributed by atoms with E-state index in [1.807, 2.05) is 18.2 Å². The third-order valence-electron chi connectivity index (χ3n) is 6.27. The Bertz CT molecular complexity index is 1180. The molecule has 7 nitrogen and oxygen atoms in total. The number of fused-ring (bicyclic) bond motifs is 2. The van der Waals surface area contributed by atoms with Crippen LogP contribution < -0.4 is 14.8 Å². The summed E-state index contributed by atoms with van der Waals surface area (Å²) in [5.41, 5.74) is 4.96. The van der Waals surface area contributed by atoms with Crippen molar-refractivity contribution in [2.45, 2.75) is 57.3 Å². The van der Waals surface area contributed by atoms with Crippen LogP contribution in [-0.2, 0) is 30.7 Å². The number of aromatic nitrogens is 3. The van der Waals surface area contributed by atoms with Crippen molar-refractivity contribution < 1.29 is 14.3 Å². The molecule has 0 saturated carbocycles. The molecule has 2 heterocycles. The maximum Gasteiger partial charge on any atom is 0.230 e. The van der Waals surface area contributed by atoms with E-state index in [1.165, 1.54) is 42.2 Å². The van der Waals surface area contributed by atoms with Crippen LogP contribution in [0.25, 0.3) is 11.4 Å². The fraction of sp³-hybridized carbons (Fsp3) is 0.423. The van der Waals surface area contributed by atoms with Crippen molar-refractivity contribution in [1.29, 1.82) is 0 Å². The van der Waals surface area contributed by atoms with E-state index in [-0.39, 0.29) is 11.7 Å². The normalized spacial score (nSPS) is 14.9. The minimum atomic E-state index is -0.0434. The molecule has 0 saturated heterocycles. The van der Waals surface area contributed by atoms with Crippen LogP contribution in [0.4, 0.5) is 0 Å².